The minimum atomic E-state index is -0.803. The van der Waals surface area contributed by atoms with Gasteiger partial charge in [0.25, 0.3) is 0 Å². The zero-order valence-corrected chi connectivity index (χ0v) is 8.86. The molecule has 1 rings (SSSR count). The van der Waals surface area contributed by atoms with Gasteiger partial charge in [-0.15, -0.1) is 0 Å². The number of rotatable bonds is 3. The van der Waals surface area contributed by atoms with Crippen LogP contribution in [-0.4, -0.2) is 17.1 Å². The van der Waals surface area contributed by atoms with E-state index in [2.05, 4.69) is 19.9 Å². The third-order valence-corrected chi connectivity index (χ3v) is 3.10. The standard InChI is InChI=1S/C11H19NO2/c1-7-4-3-5-8(2)11(7)9(12)6-10(13)14/h4,8-9,11H,3,5-6,12H2,1-2H3,(H,13,14). The molecule has 0 saturated carbocycles. The molecule has 14 heavy (non-hydrogen) atoms. The highest BCUT2D eigenvalue weighted by atomic mass is 16.4. The summed E-state index contributed by atoms with van der Waals surface area (Å²) in [5.41, 5.74) is 7.17. The summed E-state index contributed by atoms with van der Waals surface area (Å²) in [6.45, 7) is 4.21. The van der Waals surface area contributed by atoms with Crippen LogP contribution in [0.15, 0.2) is 11.6 Å². The highest BCUT2D eigenvalue weighted by Crippen LogP contribution is 2.32. The Morgan fingerprint density at radius 1 is 1.79 bits per heavy atom. The Balaban J connectivity index is 2.68. The first-order valence-electron chi connectivity index (χ1n) is 5.16. The van der Waals surface area contributed by atoms with Crippen molar-refractivity contribution < 1.29 is 9.90 Å². The number of aliphatic carboxylic acids is 1. The highest BCUT2D eigenvalue weighted by molar-refractivity contribution is 5.67. The van der Waals surface area contributed by atoms with E-state index in [1.807, 2.05) is 0 Å². The molecule has 80 valence electrons. The Bertz CT molecular complexity index is 248. The van der Waals surface area contributed by atoms with Crippen LogP contribution in [0.1, 0.15) is 33.1 Å². The summed E-state index contributed by atoms with van der Waals surface area (Å²) in [4.78, 5) is 10.6. The molecule has 0 spiro atoms. The normalized spacial score (nSPS) is 29.5. The van der Waals surface area contributed by atoms with E-state index in [0.29, 0.717) is 5.92 Å². The van der Waals surface area contributed by atoms with Gasteiger partial charge in [-0.1, -0.05) is 18.6 Å². The number of hydrogen-bond acceptors (Lipinski definition) is 2. The van der Waals surface area contributed by atoms with Crippen molar-refractivity contribution in [1.29, 1.82) is 0 Å². The van der Waals surface area contributed by atoms with Gasteiger partial charge in [-0.2, -0.15) is 0 Å². The number of carbonyl (C=O) groups is 1. The van der Waals surface area contributed by atoms with Gasteiger partial charge in [0.15, 0.2) is 0 Å². The molecular weight excluding hydrogens is 178 g/mol. The minimum Gasteiger partial charge on any atom is -0.481 e. The van der Waals surface area contributed by atoms with Crippen LogP contribution in [0.4, 0.5) is 0 Å². The highest BCUT2D eigenvalue weighted by Gasteiger charge is 2.28. The zero-order valence-electron chi connectivity index (χ0n) is 8.86. The van der Waals surface area contributed by atoms with Gasteiger partial charge in [0.05, 0.1) is 6.42 Å². The van der Waals surface area contributed by atoms with E-state index in [9.17, 15) is 4.79 Å². The second-order valence-corrected chi connectivity index (χ2v) is 4.29. The molecule has 1 aliphatic carbocycles. The van der Waals surface area contributed by atoms with E-state index >= 15 is 0 Å². The zero-order chi connectivity index (χ0) is 10.7. The fourth-order valence-electron chi connectivity index (χ4n) is 2.43. The van der Waals surface area contributed by atoms with E-state index in [1.165, 1.54) is 5.57 Å². The Morgan fingerprint density at radius 2 is 2.43 bits per heavy atom. The fraction of sp³-hybridized carbons (Fsp3) is 0.727. The number of carboxylic acid groups (broad SMARTS) is 1. The number of nitrogens with two attached hydrogens (primary N) is 1. The Labute approximate surface area is 85.0 Å². The van der Waals surface area contributed by atoms with Gasteiger partial charge < -0.3 is 10.8 Å². The SMILES string of the molecule is CC1=CCCC(C)C1C(N)CC(=O)O. The van der Waals surface area contributed by atoms with Crippen molar-refractivity contribution in [3.63, 3.8) is 0 Å². The molecule has 0 aromatic rings. The van der Waals surface area contributed by atoms with Crippen molar-refractivity contribution in [3.8, 4) is 0 Å². The molecule has 0 amide bonds. The largest absolute Gasteiger partial charge is 0.481 e. The minimum absolute atomic E-state index is 0.0696. The average Bonchev–Trinajstić information content (AvgIpc) is 2.01. The lowest BCUT2D eigenvalue weighted by Gasteiger charge is -2.32. The first-order chi connectivity index (χ1) is 6.52. The first-order valence-corrected chi connectivity index (χ1v) is 5.16. The average molecular weight is 197 g/mol. The maximum absolute atomic E-state index is 10.6. The lowest BCUT2D eigenvalue weighted by Crippen LogP contribution is -2.38. The van der Waals surface area contributed by atoms with E-state index in [-0.39, 0.29) is 18.4 Å². The lowest BCUT2D eigenvalue weighted by atomic mass is 9.75. The molecule has 3 heteroatoms. The fourth-order valence-corrected chi connectivity index (χ4v) is 2.43. The molecule has 0 saturated heterocycles. The van der Waals surface area contributed by atoms with Crippen molar-refractivity contribution in [1.82, 2.24) is 0 Å². The summed E-state index contributed by atoms with van der Waals surface area (Å²) < 4.78 is 0. The van der Waals surface area contributed by atoms with Crippen molar-refractivity contribution in [2.45, 2.75) is 39.2 Å². The summed E-state index contributed by atoms with van der Waals surface area (Å²) in [5.74, 6) is -0.0442. The van der Waals surface area contributed by atoms with E-state index < -0.39 is 5.97 Å². The van der Waals surface area contributed by atoms with Gasteiger partial charge in [0.1, 0.15) is 0 Å². The number of hydrogen-bond donors (Lipinski definition) is 2. The summed E-state index contributed by atoms with van der Waals surface area (Å²) in [5, 5.41) is 8.69. The molecule has 3 nitrogen and oxygen atoms in total. The molecule has 3 N–H and O–H groups in total. The second-order valence-electron chi connectivity index (χ2n) is 4.29. The number of allylic oxidation sites excluding steroid dienone is 1. The molecule has 0 radical (unpaired) electrons. The molecule has 0 heterocycles. The summed E-state index contributed by atoms with van der Waals surface area (Å²) in [6, 6.07) is -0.237. The van der Waals surface area contributed by atoms with Crippen LogP contribution in [0.3, 0.4) is 0 Å². The Morgan fingerprint density at radius 3 is 2.93 bits per heavy atom. The lowest BCUT2D eigenvalue weighted by molar-refractivity contribution is -0.137. The van der Waals surface area contributed by atoms with Crippen molar-refractivity contribution in [2.24, 2.45) is 17.6 Å². The van der Waals surface area contributed by atoms with Crippen LogP contribution >= 0.6 is 0 Å². The summed E-state index contributed by atoms with van der Waals surface area (Å²) in [6.07, 6.45) is 4.48. The van der Waals surface area contributed by atoms with Crippen LogP contribution in [0.5, 0.6) is 0 Å². The molecule has 0 bridgehead atoms. The summed E-state index contributed by atoms with van der Waals surface area (Å²) >= 11 is 0. The number of carboxylic acids is 1. The van der Waals surface area contributed by atoms with Crippen LogP contribution in [0, 0.1) is 11.8 Å². The van der Waals surface area contributed by atoms with E-state index in [1.54, 1.807) is 0 Å². The Kier molecular flexibility index (Phi) is 3.69. The Hall–Kier alpha value is -0.830. The molecule has 1 aliphatic rings. The van der Waals surface area contributed by atoms with Gasteiger partial charge in [-0.25, -0.2) is 0 Å². The first kappa shape index (κ1) is 11.2. The van der Waals surface area contributed by atoms with Crippen LogP contribution in [-0.2, 0) is 4.79 Å². The molecule has 0 aliphatic heterocycles. The molecular formula is C11H19NO2. The topological polar surface area (TPSA) is 63.3 Å². The quantitative estimate of drug-likeness (QED) is 0.678. The predicted molar refractivity (Wildman–Crippen MR) is 55.9 cm³/mol. The van der Waals surface area contributed by atoms with Crippen LogP contribution < -0.4 is 5.73 Å². The molecule has 3 atom stereocenters. The predicted octanol–water partition coefficient (Wildman–Crippen LogP) is 1.78. The summed E-state index contributed by atoms with van der Waals surface area (Å²) in [7, 11) is 0. The molecule has 0 aromatic carbocycles. The van der Waals surface area contributed by atoms with Gasteiger partial charge in [-0.05, 0) is 31.6 Å². The second kappa shape index (κ2) is 4.60. The van der Waals surface area contributed by atoms with Gasteiger partial charge in [0, 0.05) is 6.04 Å². The molecule has 3 unspecified atom stereocenters. The monoisotopic (exact) mass is 197 g/mol. The third kappa shape index (κ3) is 2.58. The van der Waals surface area contributed by atoms with Crippen LogP contribution in [0.25, 0.3) is 0 Å². The van der Waals surface area contributed by atoms with Gasteiger partial charge >= 0.3 is 5.97 Å². The molecule has 0 aromatic heterocycles. The van der Waals surface area contributed by atoms with E-state index in [4.69, 9.17) is 10.8 Å². The third-order valence-electron chi connectivity index (χ3n) is 3.10. The van der Waals surface area contributed by atoms with Crippen molar-refractivity contribution in [3.05, 3.63) is 11.6 Å². The maximum Gasteiger partial charge on any atom is 0.304 e. The smallest absolute Gasteiger partial charge is 0.304 e. The van der Waals surface area contributed by atoms with Gasteiger partial charge in [-0.3, -0.25) is 4.79 Å². The van der Waals surface area contributed by atoms with Gasteiger partial charge in [0.2, 0.25) is 0 Å². The van der Waals surface area contributed by atoms with Crippen molar-refractivity contribution in [2.75, 3.05) is 0 Å². The van der Waals surface area contributed by atoms with Crippen LogP contribution in [0.2, 0.25) is 0 Å². The van der Waals surface area contributed by atoms with E-state index in [0.717, 1.165) is 12.8 Å². The van der Waals surface area contributed by atoms with Crippen molar-refractivity contribution >= 4 is 5.97 Å². The maximum atomic E-state index is 10.6. The molecule has 0 fully saturated rings.